The Morgan fingerprint density at radius 1 is 1.11 bits per heavy atom. The van der Waals surface area contributed by atoms with Crippen molar-refractivity contribution in [1.29, 1.82) is 0 Å². The second-order valence-electron chi connectivity index (χ2n) is 4.00. The van der Waals surface area contributed by atoms with E-state index in [1.807, 2.05) is 0 Å². The summed E-state index contributed by atoms with van der Waals surface area (Å²) in [6.07, 6.45) is -11.7. The Hall–Kier alpha value is -1.54. The van der Waals surface area contributed by atoms with Gasteiger partial charge in [0.05, 0.1) is 5.92 Å². The highest BCUT2D eigenvalue weighted by molar-refractivity contribution is 6.12. The number of aliphatic hydroxyl groups is 1. The lowest BCUT2D eigenvalue weighted by molar-refractivity contribution is -0.177. The second kappa shape index (κ2) is 4.86. The zero-order valence-electron chi connectivity index (χ0n) is 9.23. The van der Waals surface area contributed by atoms with E-state index in [1.165, 1.54) is 0 Å². The molecule has 1 aliphatic carbocycles. The number of aliphatic hydroxyl groups excluding tert-OH is 1. The lowest BCUT2D eigenvalue weighted by Crippen LogP contribution is -2.38. The van der Waals surface area contributed by atoms with Crippen molar-refractivity contribution in [3.63, 3.8) is 0 Å². The molecule has 3 nitrogen and oxygen atoms in total. The molecule has 0 aromatic heterocycles. The number of halogens is 6. The molecular formula is C10H8F6O3. The summed E-state index contributed by atoms with van der Waals surface area (Å²) in [5.41, 5.74) is -1.17. The van der Waals surface area contributed by atoms with Crippen LogP contribution >= 0.6 is 0 Å². The van der Waals surface area contributed by atoms with Crippen LogP contribution in [0.1, 0.15) is 19.3 Å². The number of rotatable bonds is 1. The van der Waals surface area contributed by atoms with E-state index in [9.17, 15) is 35.9 Å². The third-order valence-corrected chi connectivity index (χ3v) is 2.68. The maximum Gasteiger partial charge on any atom is 0.450 e. The maximum absolute atomic E-state index is 12.2. The van der Waals surface area contributed by atoms with Crippen LogP contribution in [0.3, 0.4) is 0 Å². The number of allylic oxidation sites excluding steroid dienone is 2. The Morgan fingerprint density at radius 3 is 2.05 bits per heavy atom. The predicted octanol–water partition coefficient (Wildman–Crippen LogP) is 2.86. The van der Waals surface area contributed by atoms with Gasteiger partial charge in [-0.25, -0.2) is 0 Å². The molecule has 0 aromatic rings. The van der Waals surface area contributed by atoms with E-state index < -0.39 is 54.0 Å². The zero-order chi connectivity index (χ0) is 15.0. The smallest absolute Gasteiger partial charge is 0.450 e. The lowest BCUT2D eigenvalue weighted by atomic mass is 9.81. The van der Waals surface area contributed by atoms with Gasteiger partial charge in [-0.3, -0.25) is 9.59 Å². The SMILES string of the molecule is O=C1C(=C(O)C(F)(F)F)CCC[C@@H]1C(=O)C(F)(F)F. The topological polar surface area (TPSA) is 54.4 Å². The molecule has 19 heavy (non-hydrogen) atoms. The molecule has 0 heterocycles. The highest BCUT2D eigenvalue weighted by atomic mass is 19.4. The fourth-order valence-corrected chi connectivity index (χ4v) is 1.80. The van der Waals surface area contributed by atoms with Crippen molar-refractivity contribution in [2.45, 2.75) is 31.6 Å². The van der Waals surface area contributed by atoms with E-state index in [-0.39, 0.29) is 6.42 Å². The highest BCUT2D eigenvalue weighted by Gasteiger charge is 2.49. The maximum atomic E-state index is 12.2. The first kappa shape index (κ1) is 15.5. The summed E-state index contributed by atoms with van der Waals surface area (Å²) in [6, 6.07) is 0. The summed E-state index contributed by atoms with van der Waals surface area (Å²) in [5, 5.41) is 8.82. The van der Waals surface area contributed by atoms with Crippen LogP contribution in [0.2, 0.25) is 0 Å². The summed E-state index contributed by atoms with van der Waals surface area (Å²) in [5.74, 6) is -8.42. The van der Waals surface area contributed by atoms with Gasteiger partial charge in [-0.1, -0.05) is 0 Å². The van der Waals surface area contributed by atoms with Gasteiger partial charge in [0.2, 0.25) is 11.5 Å². The summed E-state index contributed by atoms with van der Waals surface area (Å²) in [4.78, 5) is 22.4. The molecular weight excluding hydrogens is 282 g/mol. The fraction of sp³-hybridized carbons (Fsp3) is 0.600. The van der Waals surface area contributed by atoms with Crippen LogP contribution in [0.15, 0.2) is 11.3 Å². The molecule has 0 amide bonds. The molecule has 0 aliphatic heterocycles. The largest absolute Gasteiger partial charge is 0.504 e. The van der Waals surface area contributed by atoms with Crippen LogP contribution in [0.4, 0.5) is 26.3 Å². The van der Waals surface area contributed by atoms with Crippen LogP contribution in [0.5, 0.6) is 0 Å². The molecule has 0 aromatic carbocycles. The summed E-state index contributed by atoms with van der Waals surface area (Å²) >= 11 is 0. The number of carbonyl (C=O) groups is 2. The van der Waals surface area contributed by atoms with Gasteiger partial charge in [0, 0.05) is 5.57 Å². The van der Waals surface area contributed by atoms with E-state index in [1.54, 1.807) is 0 Å². The quantitative estimate of drug-likeness (QED) is 0.350. The number of hydrogen-bond acceptors (Lipinski definition) is 3. The van der Waals surface area contributed by atoms with Crippen LogP contribution in [-0.2, 0) is 9.59 Å². The summed E-state index contributed by atoms with van der Waals surface area (Å²) < 4.78 is 73.1. The molecule has 0 saturated heterocycles. The van der Waals surface area contributed by atoms with E-state index in [4.69, 9.17) is 5.11 Å². The average molecular weight is 290 g/mol. The molecule has 0 bridgehead atoms. The third kappa shape index (κ3) is 3.27. The normalized spacial score (nSPS) is 24.3. The van der Waals surface area contributed by atoms with Crippen LogP contribution in [-0.4, -0.2) is 29.0 Å². The Balaban J connectivity index is 3.11. The van der Waals surface area contributed by atoms with Crippen LogP contribution < -0.4 is 0 Å². The van der Waals surface area contributed by atoms with Crippen molar-refractivity contribution < 1.29 is 41.0 Å². The van der Waals surface area contributed by atoms with Crippen molar-refractivity contribution in [3.8, 4) is 0 Å². The minimum Gasteiger partial charge on any atom is -0.504 e. The van der Waals surface area contributed by atoms with Crippen LogP contribution in [0, 0.1) is 5.92 Å². The van der Waals surface area contributed by atoms with Crippen molar-refractivity contribution in [2.24, 2.45) is 5.92 Å². The number of hydrogen-bond donors (Lipinski definition) is 1. The molecule has 1 rings (SSSR count). The Kier molecular flexibility index (Phi) is 3.97. The highest BCUT2D eigenvalue weighted by Crippen LogP contribution is 2.36. The van der Waals surface area contributed by atoms with Gasteiger partial charge in [-0.15, -0.1) is 0 Å². The molecule has 0 spiro atoms. The minimum atomic E-state index is -5.30. The Morgan fingerprint density at radius 2 is 1.63 bits per heavy atom. The van der Waals surface area contributed by atoms with Gasteiger partial charge in [0.15, 0.2) is 5.78 Å². The standard InChI is InChI=1S/C10H8F6O3/c11-9(12,13)7(18)4-2-1-3-5(6(4)17)8(19)10(14,15)16/h4,19H,1-3H2/t4-/m0/s1. The third-order valence-electron chi connectivity index (χ3n) is 2.68. The van der Waals surface area contributed by atoms with Gasteiger partial charge in [0.25, 0.3) is 0 Å². The molecule has 1 aliphatic rings. The number of Topliss-reactive ketones (excluding diaryl/α,β-unsaturated/α-hetero) is 2. The van der Waals surface area contributed by atoms with Crippen molar-refractivity contribution >= 4 is 11.6 Å². The Labute approximate surface area is 102 Å². The van der Waals surface area contributed by atoms with Crippen molar-refractivity contribution in [2.75, 3.05) is 0 Å². The first-order valence-corrected chi connectivity index (χ1v) is 5.10. The molecule has 1 fully saturated rings. The number of alkyl halides is 6. The van der Waals surface area contributed by atoms with Crippen molar-refractivity contribution in [1.82, 2.24) is 0 Å². The Bertz CT molecular complexity index is 432. The molecule has 108 valence electrons. The first-order valence-electron chi connectivity index (χ1n) is 5.10. The zero-order valence-corrected chi connectivity index (χ0v) is 9.23. The summed E-state index contributed by atoms with van der Waals surface area (Å²) in [6.45, 7) is 0. The summed E-state index contributed by atoms with van der Waals surface area (Å²) in [7, 11) is 0. The van der Waals surface area contributed by atoms with Gasteiger partial charge >= 0.3 is 12.4 Å². The number of ketones is 2. The van der Waals surface area contributed by atoms with Crippen molar-refractivity contribution in [3.05, 3.63) is 11.3 Å². The van der Waals surface area contributed by atoms with Gasteiger partial charge in [0.1, 0.15) is 0 Å². The van der Waals surface area contributed by atoms with E-state index in [0.29, 0.717) is 0 Å². The average Bonchev–Trinajstić information content (AvgIpc) is 2.25. The first-order chi connectivity index (χ1) is 8.46. The van der Waals surface area contributed by atoms with Gasteiger partial charge in [-0.2, -0.15) is 26.3 Å². The van der Waals surface area contributed by atoms with Gasteiger partial charge < -0.3 is 5.11 Å². The monoisotopic (exact) mass is 290 g/mol. The van der Waals surface area contributed by atoms with Crippen LogP contribution in [0.25, 0.3) is 0 Å². The van der Waals surface area contributed by atoms with E-state index in [2.05, 4.69) is 0 Å². The molecule has 0 unspecified atom stereocenters. The molecule has 1 saturated carbocycles. The molecule has 1 N–H and O–H groups in total. The molecule has 9 heteroatoms. The molecule has 1 atom stereocenters. The molecule has 0 radical (unpaired) electrons. The van der Waals surface area contributed by atoms with E-state index in [0.717, 1.165) is 0 Å². The second-order valence-corrected chi connectivity index (χ2v) is 4.00. The predicted molar refractivity (Wildman–Crippen MR) is 49.1 cm³/mol. The number of carbonyl (C=O) groups excluding carboxylic acids is 2. The fourth-order valence-electron chi connectivity index (χ4n) is 1.80. The van der Waals surface area contributed by atoms with Gasteiger partial charge in [-0.05, 0) is 19.3 Å². The van der Waals surface area contributed by atoms with E-state index >= 15 is 0 Å². The minimum absolute atomic E-state index is 0.215. The lowest BCUT2D eigenvalue weighted by Gasteiger charge is -2.23.